The van der Waals surface area contributed by atoms with Gasteiger partial charge in [-0.05, 0) is 31.5 Å². The number of benzene rings is 1. The number of likely N-dealkylation sites (tertiary alicyclic amines) is 1. The number of fused-ring (bicyclic) bond motifs is 1. The third-order valence-electron chi connectivity index (χ3n) is 7.32. The fourth-order valence-corrected chi connectivity index (χ4v) is 6.76. The lowest BCUT2D eigenvalue weighted by Crippen LogP contribution is -2.67. The molecule has 0 saturated carbocycles. The van der Waals surface area contributed by atoms with E-state index in [1.165, 1.54) is 29.4 Å². The number of ether oxygens (including phenoxy) is 1. The van der Waals surface area contributed by atoms with Crippen LogP contribution in [0.2, 0.25) is 5.02 Å². The van der Waals surface area contributed by atoms with E-state index < -0.39 is 28.0 Å². The Bertz CT molecular complexity index is 1730. The van der Waals surface area contributed by atoms with Crippen molar-refractivity contribution in [3.05, 3.63) is 65.3 Å². The number of hydrogen-bond donors (Lipinski definition) is 2. The van der Waals surface area contributed by atoms with E-state index in [-0.39, 0.29) is 51.3 Å². The summed E-state index contributed by atoms with van der Waals surface area (Å²) in [7, 11) is -4.05. The average molecular weight is 587 g/mol. The number of halogens is 2. The van der Waals surface area contributed by atoms with Crippen molar-refractivity contribution in [1.29, 1.82) is 0 Å². The Balaban J connectivity index is 1.39. The van der Waals surface area contributed by atoms with Gasteiger partial charge in [0.25, 0.3) is 10.0 Å². The summed E-state index contributed by atoms with van der Waals surface area (Å²) in [5, 5.41) is 13.2. The molecule has 4 aromatic rings. The molecule has 0 aliphatic carbocycles. The molecule has 0 radical (unpaired) electrons. The van der Waals surface area contributed by atoms with Crippen LogP contribution >= 0.6 is 11.6 Å². The van der Waals surface area contributed by atoms with E-state index in [1.54, 1.807) is 18.2 Å². The number of nitrogens with zero attached hydrogens (tertiary/aromatic N) is 5. The fraction of sp³-hybridized carbons (Fsp3) is 0.308. The number of carboxylic acid groups (broad SMARTS) is 1. The smallest absolute Gasteiger partial charge is 0.407 e. The minimum Gasteiger partial charge on any atom is -0.465 e. The lowest BCUT2D eigenvalue weighted by Gasteiger charge is -2.49. The van der Waals surface area contributed by atoms with Crippen LogP contribution < -0.4 is 5.32 Å². The van der Waals surface area contributed by atoms with Crippen molar-refractivity contribution in [2.75, 3.05) is 25.1 Å². The van der Waals surface area contributed by atoms with Gasteiger partial charge in [0.2, 0.25) is 0 Å². The van der Waals surface area contributed by atoms with Crippen molar-refractivity contribution >= 4 is 44.6 Å². The molecule has 11 nitrogen and oxygen atoms in total. The molecule has 3 aromatic heterocycles. The van der Waals surface area contributed by atoms with E-state index >= 15 is 0 Å². The first kappa shape index (κ1) is 26.4. The van der Waals surface area contributed by atoms with Crippen molar-refractivity contribution in [1.82, 2.24) is 23.8 Å². The first-order valence-electron chi connectivity index (χ1n) is 12.5. The fourth-order valence-electron chi connectivity index (χ4n) is 5.28. The summed E-state index contributed by atoms with van der Waals surface area (Å²) in [4.78, 5) is 25.8. The zero-order chi connectivity index (χ0) is 28.2. The summed E-state index contributed by atoms with van der Waals surface area (Å²) in [6, 6.07) is 7.17. The Morgan fingerprint density at radius 3 is 2.70 bits per heavy atom. The molecule has 208 valence electrons. The van der Waals surface area contributed by atoms with Gasteiger partial charge in [0.15, 0.2) is 23.1 Å². The Labute approximate surface area is 233 Å². The van der Waals surface area contributed by atoms with Crippen molar-refractivity contribution in [3.63, 3.8) is 0 Å². The minimum atomic E-state index is -4.05. The number of aromatic nitrogens is 4. The van der Waals surface area contributed by atoms with Gasteiger partial charge in [-0.25, -0.2) is 36.5 Å². The number of anilines is 1. The third-order valence-corrected chi connectivity index (χ3v) is 9.19. The molecule has 6 rings (SSSR count). The highest BCUT2D eigenvalue weighted by Crippen LogP contribution is 2.35. The molecule has 3 unspecified atom stereocenters. The van der Waals surface area contributed by atoms with Gasteiger partial charge in [-0.3, -0.25) is 0 Å². The van der Waals surface area contributed by atoms with Gasteiger partial charge >= 0.3 is 6.09 Å². The first-order valence-corrected chi connectivity index (χ1v) is 14.3. The molecule has 2 aliphatic heterocycles. The summed E-state index contributed by atoms with van der Waals surface area (Å²) in [6.45, 7) is 2.97. The lowest BCUT2D eigenvalue weighted by molar-refractivity contribution is 0.0298. The topological polar surface area (TPSA) is 140 Å². The summed E-state index contributed by atoms with van der Waals surface area (Å²) in [5.41, 5.74) is 1.30. The average Bonchev–Trinajstić information content (AvgIpc) is 3.55. The van der Waals surface area contributed by atoms with Crippen molar-refractivity contribution in [2.45, 2.75) is 30.3 Å². The van der Waals surface area contributed by atoms with Gasteiger partial charge in [0, 0.05) is 42.4 Å². The first-order chi connectivity index (χ1) is 19.1. The van der Waals surface area contributed by atoms with Gasteiger partial charge in [-0.2, -0.15) is 0 Å². The van der Waals surface area contributed by atoms with Crippen LogP contribution in [0.3, 0.4) is 0 Å². The molecule has 5 heterocycles. The normalized spacial score (nSPS) is 21.0. The highest BCUT2D eigenvalue weighted by Gasteiger charge is 2.48. The SMILES string of the molecule is Cc1ccc(S(=O)(=O)n2cc(-c3ncc(F)c(NC4CN(C(=O)O)C4C4CCOC4)n3)c3cc(Cl)cnc32)cc1. The summed E-state index contributed by atoms with van der Waals surface area (Å²) in [6.07, 6.45) is 3.32. The summed E-state index contributed by atoms with van der Waals surface area (Å²) < 4.78 is 48.5. The number of pyridine rings is 1. The second-order valence-corrected chi connectivity index (χ2v) is 12.1. The quantitative estimate of drug-likeness (QED) is 0.343. The molecular formula is C26H24ClFN6O5S. The van der Waals surface area contributed by atoms with E-state index in [2.05, 4.69) is 20.3 Å². The Morgan fingerprint density at radius 2 is 2.00 bits per heavy atom. The van der Waals surface area contributed by atoms with E-state index in [4.69, 9.17) is 16.3 Å². The molecule has 1 aromatic carbocycles. The third kappa shape index (κ3) is 4.53. The van der Waals surface area contributed by atoms with E-state index in [9.17, 15) is 22.7 Å². The molecule has 3 atom stereocenters. The van der Waals surface area contributed by atoms with Crippen LogP contribution in [0.5, 0.6) is 0 Å². The van der Waals surface area contributed by atoms with Gasteiger partial charge in [0.05, 0.1) is 34.8 Å². The maximum absolute atomic E-state index is 14.9. The van der Waals surface area contributed by atoms with Crippen LogP contribution in [0.1, 0.15) is 12.0 Å². The van der Waals surface area contributed by atoms with Crippen LogP contribution in [0.4, 0.5) is 15.0 Å². The second-order valence-electron chi connectivity index (χ2n) is 9.87. The Kier molecular flexibility index (Phi) is 6.59. The van der Waals surface area contributed by atoms with Gasteiger partial charge in [0.1, 0.15) is 0 Å². The van der Waals surface area contributed by atoms with Crippen LogP contribution in [0, 0.1) is 18.7 Å². The Morgan fingerprint density at radius 1 is 1.23 bits per heavy atom. The van der Waals surface area contributed by atoms with Crippen molar-refractivity contribution in [3.8, 4) is 11.4 Å². The number of carbonyl (C=O) groups is 1. The van der Waals surface area contributed by atoms with Crippen LogP contribution in [-0.4, -0.2) is 75.3 Å². The molecule has 2 fully saturated rings. The molecule has 2 saturated heterocycles. The highest BCUT2D eigenvalue weighted by atomic mass is 35.5. The standard InChI is InChI=1S/C26H24ClFN6O5S/c1-14-2-4-17(5-3-14)40(37,38)34-11-19(18-8-16(27)9-30-25(18)34)23-29-10-20(28)24(32-23)31-21-12-33(26(35)36)22(21)15-6-7-39-13-15/h2-5,8-11,15,21-22H,6-7,12-13H2,1H3,(H,35,36)(H,29,31,32). The van der Waals surface area contributed by atoms with Crippen molar-refractivity contribution in [2.24, 2.45) is 5.92 Å². The lowest BCUT2D eigenvalue weighted by atomic mass is 9.84. The second kappa shape index (κ2) is 9.98. The molecular weight excluding hydrogens is 563 g/mol. The molecule has 0 bridgehead atoms. The predicted molar refractivity (Wildman–Crippen MR) is 144 cm³/mol. The summed E-state index contributed by atoms with van der Waals surface area (Å²) >= 11 is 6.21. The van der Waals surface area contributed by atoms with E-state index in [0.29, 0.717) is 25.0 Å². The van der Waals surface area contributed by atoms with E-state index in [0.717, 1.165) is 15.7 Å². The number of aryl methyl sites for hydroxylation is 1. The largest absolute Gasteiger partial charge is 0.465 e. The van der Waals surface area contributed by atoms with Crippen molar-refractivity contribution < 1.29 is 27.4 Å². The maximum atomic E-state index is 14.9. The molecule has 40 heavy (non-hydrogen) atoms. The Hall–Kier alpha value is -3.81. The predicted octanol–water partition coefficient (Wildman–Crippen LogP) is 4.01. The van der Waals surface area contributed by atoms with E-state index in [1.807, 2.05) is 6.92 Å². The molecule has 1 amide bonds. The van der Waals surface area contributed by atoms with Crippen LogP contribution in [-0.2, 0) is 14.8 Å². The zero-order valence-corrected chi connectivity index (χ0v) is 22.7. The zero-order valence-electron chi connectivity index (χ0n) is 21.2. The molecule has 2 N–H and O–H groups in total. The molecule has 14 heteroatoms. The minimum absolute atomic E-state index is 0.0232. The van der Waals surface area contributed by atoms with Gasteiger partial charge < -0.3 is 20.1 Å². The summed E-state index contributed by atoms with van der Waals surface area (Å²) in [5.74, 6) is -0.830. The highest BCUT2D eigenvalue weighted by molar-refractivity contribution is 7.90. The van der Waals surface area contributed by atoms with Gasteiger partial charge in [-0.1, -0.05) is 29.3 Å². The maximum Gasteiger partial charge on any atom is 0.407 e. The number of rotatable bonds is 6. The number of hydrogen-bond acceptors (Lipinski definition) is 8. The number of nitrogens with one attached hydrogen (secondary N) is 1. The van der Waals surface area contributed by atoms with Gasteiger partial charge in [-0.15, -0.1) is 0 Å². The monoisotopic (exact) mass is 586 g/mol. The van der Waals surface area contributed by atoms with Crippen LogP contribution in [0.15, 0.2) is 53.8 Å². The molecule has 2 aliphatic rings. The number of amides is 1. The molecule has 0 spiro atoms. The van der Waals surface area contributed by atoms with Crippen LogP contribution in [0.25, 0.3) is 22.4 Å².